The van der Waals surface area contributed by atoms with Gasteiger partial charge in [0.05, 0.1) is 0 Å². The van der Waals surface area contributed by atoms with Crippen molar-refractivity contribution in [3.05, 3.63) is 0 Å². The van der Waals surface area contributed by atoms with Gasteiger partial charge in [-0.05, 0) is 37.5 Å². The Kier molecular flexibility index (Phi) is 1.26. The first-order chi connectivity index (χ1) is 4.36. The lowest BCUT2D eigenvalue weighted by atomic mass is 9.86. The van der Waals surface area contributed by atoms with Crippen LogP contribution in [0.2, 0.25) is 0 Å². The summed E-state index contributed by atoms with van der Waals surface area (Å²) in [5, 5.41) is 0. The van der Waals surface area contributed by atoms with Crippen molar-refractivity contribution in [3.8, 4) is 0 Å². The third kappa shape index (κ3) is 0.877. The van der Waals surface area contributed by atoms with Gasteiger partial charge in [0, 0.05) is 6.04 Å². The SMILES string of the molecule is N[C@H]1CC[C@@H]2CC[C@H]1C2. The summed E-state index contributed by atoms with van der Waals surface area (Å²) < 4.78 is 0. The lowest BCUT2D eigenvalue weighted by molar-refractivity contribution is 0.314. The van der Waals surface area contributed by atoms with Gasteiger partial charge in [-0.15, -0.1) is 0 Å². The van der Waals surface area contributed by atoms with Crippen molar-refractivity contribution in [3.63, 3.8) is 0 Å². The molecule has 3 atom stereocenters. The van der Waals surface area contributed by atoms with Gasteiger partial charge in [0.2, 0.25) is 0 Å². The third-order valence-corrected chi connectivity index (χ3v) is 3.10. The van der Waals surface area contributed by atoms with Gasteiger partial charge in [-0.1, -0.05) is 6.42 Å². The summed E-state index contributed by atoms with van der Waals surface area (Å²) in [7, 11) is 0. The largest absolute Gasteiger partial charge is 0.327 e. The zero-order chi connectivity index (χ0) is 6.27. The van der Waals surface area contributed by atoms with E-state index in [-0.39, 0.29) is 0 Å². The molecule has 2 saturated carbocycles. The van der Waals surface area contributed by atoms with E-state index in [2.05, 4.69) is 0 Å². The highest BCUT2D eigenvalue weighted by molar-refractivity contribution is 4.88. The van der Waals surface area contributed by atoms with E-state index in [9.17, 15) is 0 Å². The van der Waals surface area contributed by atoms with Crippen LogP contribution >= 0.6 is 0 Å². The molecule has 0 radical (unpaired) electrons. The van der Waals surface area contributed by atoms with Crippen LogP contribution in [0, 0.1) is 11.8 Å². The summed E-state index contributed by atoms with van der Waals surface area (Å²) in [6.45, 7) is 0. The van der Waals surface area contributed by atoms with Crippen LogP contribution in [0.4, 0.5) is 0 Å². The van der Waals surface area contributed by atoms with Gasteiger partial charge in [-0.25, -0.2) is 0 Å². The summed E-state index contributed by atoms with van der Waals surface area (Å²) in [6.07, 6.45) is 7.05. The minimum absolute atomic E-state index is 0.559. The molecule has 1 nitrogen and oxygen atoms in total. The van der Waals surface area contributed by atoms with Crippen molar-refractivity contribution in [2.24, 2.45) is 17.6 Å². The predicted octanol–water partition coefficient (Wildman–Crippen LogP) is 1.52. The Morgan fingerprint density at radius 1 is 1.00 bits per heavy atom. The molecule has 0 saturated heterocycles. The molecule has 0 aromatic carbocycles. The predicted molar refractivity (Wildman–Crippen MR) is 38.0 cm³/mol. The van der Waals surface area contributed by atoms with Crippen molar-refractivity contribution < 1.29 is 0 Å². The monoisotopic (exact) mass is 125 g/mol. The van der Waals surface area contributed by atoms with E-state index in [1.165, 1.54) is 32.1 Å². The maximum Gasteiger partial charge on any atom is 0.00673 e. The number of nitrogens with two attached hydrogens (primary N) is 1. The van der Waals surface area contributed by atoms with Crippen LogP contribution in [0.5, 0.6) is 0 Å². The minimum Gasteiger partial charge on any atom is -0.327 e. The lowest BCUT2D eigenvalue weighted by Gasteiger charge is -2.24. The second-order valence-corrected chi connectivity index (χ2v) is 3.68. The van der Waals surface area contributed by atoms with E-state index in [0.29, 0.717) is 6.04 Å². The summed E-state index contributed by atoms with van der Waals surface area (Å²) in [5.41, 5.74) is 5.92. The molecule has 0 unspecified atom stereocenters. The molecule has 52 valence electrons. The maximum absolute atomic E-state index is 5.92. The Morgan fingerprint density at radius 3 is 2.56 bits per heavy atom. The van der Waals surface area contributed by atoms with Crippen molar-refractivity contribution >= 4 is 0 Å². The van der Waals surface area contributed by atoms with Gasteiger partial charge < -0.3 is 5.73 Å². The Hall–Kier alpha value is -0.0400. The lowest BCUT2D eigenvalue weighted by Crippen LogP contribution is -2.31. The van der Waals surface area contributed by atoms with E-state index < -0.39 is 0 Å². The topological polar surface area (TPSA) is 26.0 Å². The zero-order valence-corrected chi connectivity index (χ0v) is 5.84. The molecule has 2 aliphatic rings. The highest BCUT2D eigenvalue weighted by atomic mass is 14.7. The van der Waals surface area contributed by atoms with Gasteiger partial charge in [0.1, 0.15) is 0 Å². The number of rotatable bonds is 0. The molecule has 1 heteroatoms. The molecule has 2 fully saturated rings. The van der Waals surface area contributed by atoms with Crippen LogP contribution in [0.1, 0.15) is 32.1 Å². The first kappa shape index (κ1) is 5.72. The fraction of sp³-hybridized carbons (Fsp3) is 1.00. The molecule has 2 aliphatic carbocycles. The minimum atomic E-state index is 0.559. The molecular formula is C8H15N. The molecule has 9 heavy (non-hydrogen) atoms. The smallest absolute Gasteiger partial charge is 0.00673 e. The molecule has 0 amide bonds. The summed E-state index contributed by atoms with van der Waals surface area (Å²) in [5.74, 6) is 1.97. The first-order valence-electron chi connectivity index (χ1n) is 4.12. The zero-order valence-electron chi connectivity index (χ0n) is 5.84. The van der Waals surface area contributed by atoms with Gasteiger partial charge in [-0.2, -0.15) is 0 Å². The Balaban J connectivity index is 2.05. The van der Waals surface area contributed by atoms with Crippen molar-refractivity contribution in [1.82, 2.24) is 0 Å². The van der Waals surface area contributed by atoms with Gasteiger partial charge >= 0.3 is 0 Å². The summed E-state index contributed by atoms with van der Waals surface area (Å²) >= 11 is 0. The number of fused-ring (bicyclic) bond motifs is 2. The second kappa shape index (κ2) is 1.98. The van der Waals surface area contributed by atoms with Crippen molar-refractivity contribution in [2.75, 3.05) is 0 Å². The molecule has 0 heterocycles. The van der Waals surface area contributed by atoms with Crippen LogP contribution in [0.25, 0.3) is 0 Å². The van der Waals surface area contributed by atoms with E-state index in [1.54, 1.807) is 0 Å². The Labute approximate surface area is 56.6 Å². The second-order valence-electron chi connectivity index (χ2n) is 3.68. The average molecular weight is 125 g/mol. The Bertz CT molecular complexity index is 111. The van der Waals surface area contributed by atoms with E-state index >= 15 is 0 Å². The third-order valence-electron chi connectivity index (χ3n) is 3.10. The van der Waals surface area contributed by atoms with Gasteiger partial charge in [0.25, 0.3) is 0 Å². The van der Waals surface area contributed by atoms with E-state index in [1.807, 2.05) is 0 Å². The van der Waals surface area contributed by atoms with Crippen LogP contribution in [-0.4, -0.2) is 6.04 Å². The molecule has 0 aliphatic heterocycles. The van der Waals surface area contributed by atoms with Crippen molar-refractivity contribution in [1.29, 1.82) is 0 Å². The normalized spacial score (nSPS) is 49.7. The van der Waals surface area contributed by atoms with E-state index in [4.69, 9.17) is 5.73 Å². The molecular weight excluding hydrogens is 110 g/mol. The van der Waals surface area contributed by atoms with Crippen LogP contribution < -0.4 is 5.73 Å². The van der Waals surface area contributed by atoms with Gasteiger partial charge in [-0.3, -0.25) is 0 Å². The molecule has 0 aromatic rings. The first-order valence-corrected chi connectivity index (χ1v) is 4.12. The molecule has 0 spiro atoms. The Morgan fingerprint density at radius 2 is 1.78 bits per heavy atom. The summed E-state index contributed by atoms with van der Waals surface area (Å²) in [6, 6.07) is 0.559. The summed E-state index contributed by atoms with van der Waals surface area (Å²) in [4.78, 5) is 0. The highest BCUT2D eigenvalue weighted by Gasteiger charge is 2.33. The highest BCUT2D eigenvalue weighted by Crippen LogP contribution is 2.40. The van der Waals surface area contributed by atoms with Gasteiger partial charge in [0.15, 0.2) is 0 Å². The maximum atomic E-state index is 5.92. The fourth-order valence-corrected chi connectivity index (χ4v) is 2.43. The molecule has 2 bridgehead atoms. The quantitative estimate of drug-likeness (QED) is 0.522. The molecule has 0 aromatic heterocycles. The van der Waals surface area contributed by atoms with Crippen LogP contribution in [-0.2, 0) is 0 Å². The van der Waals surface area contributed by atoms with Crippen molar-refractivity contribution in [2.45, 2.75) is 38.1 Å². The van der Waals surface area contributed by atoms with Crippen LogP contribution in [0.3, 0.4) is 0 Å². The molecule has 2 rings (SSSR count). The number of hydrogen-bond acceptors (Lipinski definition) is 1. The van der Waals surface area contributed by atoms with Crippen LogP contribution in [0.15, 0.2) is 0 Å². The fourth-order valence-electron chi connectivity index (χ4n) is 2.43. The molecule has 2 N–H and O–H groups in total. The standard InChI is InChI=1S/C8H15N/c9-8-4-2-6-1-3-7(8)5-6/h6-8H,1-5,9H2/t6-,7-,8-/m0/s1. The van der Waals surface area contributed by atoms with E-state index in [0.717, 1.165) is 11.8 Å². The number of hydrogen-bond donors (Lipinski definition) is 1. The average Bonchev–Trinajstić information content (AvgIpc) is 2.25.